The highest BCUT2D eigenvalue weighted by Gasteiger charge is 2.08. The third-order valence-electron chi connectivity index (χ3n) is 3.38. The van der Waals surface area contributed by atoms with Gasteiger partial charge in [-0.2, -0.15) is 10.2 Å². The second kappa shape index (κ2) is 6.26. The van der Waals surface area contributed by atoms with Crippen LogP contribution in [0.2, 0.25) is 0 Å². The van der Waals surface area contributed by atoms with Crippen LogP contribution in [0.1, 0.15) is 16.7 Å². The van der Waals surface area contributed by atoms with E-state index in [-0.39, 0.29) is 0 Å². The number of aryl methyl sites for hydroxylation is 2. The minimum Gasteiger partial charge on any atom is -0.279 e. The van der Waals surface area contributed by atoms with Gasteiger partial charge in [0.2, 0.25) is 0 Å². The summed E-state index contributed by atoms with van der Waals surface area (Å²) in [5, 5.41) is 8.69. The number of aromatic nitrogens is 2. The summed E-state index contributed by atoms with van der Waals surface area (Å²) in [6, 6.07) is 16.1. The largest absolute Gasteiger partial charge is 0.279 e. The molecule has 0 atom stereocenters. The van der Waals surface area contributed by atoms with E-state index in [2.05, 4.69) is 41.6 Å². The Kier molecular flexibility index (Phi) is 4.01. The maximum absolute atomic E-state index is 4.35. The van der Waals surface area contributed by atoms with Crippen LogP contribution >= 0.6 is 0 Å². The van der Waals surface area contributed by atoms with Gasteiger partial charge in [-0.3, -0.25) is 5.43 Å². The molecule has 0 amide bonds. The highest BCUT2D eigenvalue weighted by Crippen LogP contribution is 2.19. The molecule has 1 N–H and O–H groups in total. The lowest BCUT2D eigenvalue weighted by Crippen LogP contribution is -2.04. The van der Waals surface area contributed by atoms with Crippen LogP contribution in [0.3, 0.4) is 0 Å². The zero-order chi connectivity index (χ0) is 15.4. The molecule has 0 radical (unpaired) electrons. The standard InChI is InChI=1S/C18H18N4/c1-14-11-15(2)18(22-10-6-9-20-22)16(12-14)13-19-21-17-7-4-3-5-8-17/h3-13,21H,1-2H3. The van der Waals surface area contributed by atoms with Crippen molar-refractivity contribution in [1.82, 2.24) is 9.78 Å². The second-order valence-electron chi connectivity index (χ2n) is 5.21. The van der Waals surface area contributed by atoms with Crippen molar-refractivity contribution < 1.29 is 0 Å². The van der Waals surface area contributed by atoms with Crippen molar-refractivity contribution in [2.45, 2.75) is 13.8 Å². The number of para-hydroxylation sites is 1. The lowest BCUT2D eigenvalue weighted by Gasteiger charge is -2.11. The summed E-state index contributed by atoms with van der Waals surface area (Å²) < 4.78 is 1.87. The third kappa shape index (κ3) is 3.06. The number of nitrogens with zero attached hydrogens (tertiary/aromatic N) is 3. The normalized spacial score (nSPS) is 11.0. The molecule has 0 saturated heterocycles. The van der Waals surface area contributed by atoms with Crippen molar-refractivity contribution in [3.05, 3.63) is 77.6 Å². The molecule has 0 saturated carbocycles. The fourth-order valence-electron chi connectivity index (χ4n) is 2.49. The van der Waals surface area contributed by atoms with Crippen LogP contribution < -0.4 is 5.43 Å². The first-order valence-electron chi connectivity index (χ1n) is 7.19. The molecule has 0 bridgehead atoms. The zero-order valence-electron chi connectivity index (χ0n) is 12.7. The summed E-state index contributed by atoms with van der Waals surface area (Å²) in [6.07, 6.45) is 5.56. The Labute approximate surface area is 130 Å². The van der Waals surface area contributed by atoms with Crippen molar-refractivity contribution in [1.29, 1.82) is 0 Å². The topological polar surface area (TPSA) is 42.2 Å². The Bertz CT molecular complexity index is 774. The number of hydrazone groups is 1. The smallest absolute Gasteiger partial charge is 0.0763 e. The maximum Gasteiger partial charge on any atom is 0.0763 e. The number of rotatable bonds is 4. The molecule has 110 valence electrons. The predicted octanol–water partition coefficient (Wildman–Crippen LogP) is 3.94. The highest BCUT2D eigenvalue weighted by atomic mass is 15.3. The molecule has 0 fully saturated rings. The molecule has 3 rings (SSSR count). The van der Waals surface area contributed by atoms with Gasteiger partial charge in [-0.05, 0) is 43.7 Å². The molecular formula is C18H18N4. The quantitative estimate of drug-likeness (QED) is 0.584. The molecule has 4 heteroatoms. The van der Waals surface area contributed by atoms with E-state index in [4.69, 9.17) is 0 Å². The fourth-order valence-corrected chi connectivity index (χ4v) is 2.49. The van der Waals surface area contributed by atoms with Crippen LogP contribution in [-0.2, 0) is 0 Å². The SMILES string of the molecule is Cc1cc(C)c(-n2cccn2)c(C=NNc2ccccc2)c1. The average Bonchev–Trinajstić information content (AvgIpc) is 3.01. The first-order valence-corrected chi connectivity index (χ1v) is 7.19. The highest BCUT2D eigenvalue weighted by molar-refractivity contribution is 5.86. The lowest BCUT2D eigenvalue weighted by atomic mass is 10.0. The monoisotopic (exact) mass is 290 g/mol. The van der Waals surface area contributed by atoms with E-state index in [1.165, 1.54) is 11.1 Å². The van der Waals surface area contributed by atoms with Crippen LogP contribution in [0, 0.1) is 13.8 Å². The maximum atomic E-state index is 4.35. The first kappa shape index (κ1) is 14.1. The van der Waals surface area contributed by atoms with Gasteiger partial charge >= 0.3 is 0 Å². The Balaban J connectivity index is 1.93. The molecule has 3 aromatic rings. The number of hydrogen-bond acceptors (Lipinski definition) is 3. The molecule has 0 unspecified atom stereocenters. The molecule has 22 heavy (non-hydrogen) atoms. The van der Waals surface area contributed by atoms with E-state index in [0.29, 0.717) is 0 Å². The summed E-state index contributed by atoms with van der Waals surface area (Å²) in [7, 11) is 0. The van der Waals surface area contributed by atoms with Crippen molar-refractivity contribution in [2.75, 3.05) is 5.43 Å². The number of hydrogen-bond donors (Lipinski definition) is 1. The molecule has 0 aliphatic rings. The van der Waals surface area contributed by atoms with Crippen molar-refractivity contribution in [3.63, 3.8) is 0 Å². The predicted molar refractivity (Wildman–Crippen MR) is 90.7 cm³/mol. The van der Waals surface area contributed by atoms with Gasteiger partial charge in [0.15, 0.2) is 0 Å². The Morgan fingerprint density at radius 1 is 1.09 bits per heavy atom. The molecule has 2 aromatic carbocycles. The Morgan fingerprint density at radius 2 is 1.91 bits per heavy atom. The third-order valence-corrected chi connectivity index (χ3v) is 3.38. The molecule has 0 aliphatic heterocycles. The minimum absolute atomic E-state index is 0.962. The van der Waals surface area contributed by atoms with E-state index < -0.39 is 0 Å². The number of benzene rings is 2. The summed E-state index contributed by atoms with van der Waals surface area (Å²) in [4.78, 5) is 0. The van der Waals surface area contributed by atoms with Crippen LogP contribution in [0.5, 0.6) is 0 Å². The number of nitrogens with one attached hydrogen (secondary N) is 1. The Morgan fingerprint density at radius 3 is 2.64 bits per heavy atom. The molecule has 1 aromatic heterocycles. The zero-order valence-corrected chi connectivity index (χ0v) is 12.7. The summed E-state index contributed by atoms with van der Waals surface area (Å²) >= 11 is 0. The van der Waals surface area contributed by atoms with Crippen molar-refractivity contribution in [2.24, 2.45) is 5.10 Å². The van der Waals surface area contributed by atoms with Gasteiger partial charge < -0.3 is 0 Å². The average molecular weight is 290 g/mol. The van der Waals surface area contributed by atoms with Crippen LogP contribution in [0.4, 0.5) is 5.69 Å². The lowest BCUT2D eigenvalue weighted by molar-refractivity contribution is 0.870. The van der Waals surface area contributed by atoms with Gasteiger partial charge in [-0.25, -0.2) is 4.68 Å². The summed E-state index contributed by atoms with van der Waals surface area (Å²) in [5.41, 5.74) is 8.46. The fraction of sp³-hybridized carbons (Fsp3) is 0.111. The van der Waals surface area contributed by atoms with E-state index in [1.807, 2.05) is 53.5 Å². The Hall–Kier alpha value is -2.88. The molecule has 0 aliphatic carbocycles. The van der Waals surface area contributed by atoms with Gasteiger partial charge in [0, 0.05) is 18.0 Å². The van der Waals surface area contributed by atoms with Gasteiger partial charge in [-0.1, -0.05) is 29.8 Å². The van der Waals surface area contributed by atoms with Crippen LogP contribution in [0.25, 0.3) is 5.69 Å². The van der Waals surface area contributed by atoms with Crippen LogP contribution in [0.15, 0.2) is 66.0 Å². The minimum atomic E-state index is 0.962. The number of anilines is 1. The first-order chi connectivity index (χ1) is 10.7. The van der Waals surface area contributed by atoms with E-state index >= 15 is 0 Å². The van der Waals surface area contributed by atoms with E-state index in [1.54, 1.807) is 6.20 Å². The molecular weight excluding hydrogens is 272 g/mol. The summed E-state index contributed by atoms with van der Waals surface area (Å²) in [5.74, 6) is 0. The van der Waals surface area contributed by atoms with Crippen LogP contribution in [-0.4, -0.2) is 16.0 Å². The molecule has 1 heterocycles. The van der Waals surface area contributed by atoms with Gasteiger partial charge in [0.25, 0.3) is 0 Å². The summed E-state index contributed by atoms with van der Waals surface area (Å²) in [6.45, 7) is 4.17. The second-order valence-corrected chi connectivity index (χ2v) is 5.21. The van der Waals surface area contributed by atoms with Crippen molar-refractivity contribution >= 4 is 11.9 Å². The van der Waals surface area contributed by atoms with Gasteiger partial charge in [-0.15, -0.1) is 0 Å². The molecule has 4 nitrogen and oxygen atoms in total. The molecule has 0 spiro atoms. The van der Waals surface area contributed by atoms with E-state index in [9.17, 15) is 0 Å². The van der Waals surface area contributed by atoms with Crippen molar-refractivity contribution in [3.8, 4) is 5.69 Å². The van der Waals surface area contributed by atoms with E-state index in [0.717, 1.165) is 16.9 Å². The van der Waals surface area contributed by atoms with Gasteiger partial charge in [0.05, 0.1) is 17.6 Å². The van der Waals surface area contributed by atoms with Gasteiger partial charge in [0.1, 0.15) is 0 Å².